The first-order valence-corrected chi connectivity index (χ1v) is 15.1. The average molecular weight is 622 g/mol. The molecule has 2 heterocycles. The fourth-order valence-corrected chi connectivity index (χ4v) is 6.45. The van der Waals surface area contributed by atoms with Crippen LogP contribution in [-0.4, -0.2) is 17.1 Å². The van der Waals surface area contributed by atoms with Gasteiger partial charge in [-0.15, -0.1) is 0 Å². The molecule has 0 spiro atoms. The third-order valence-corrected chi connectivity index (χ3v) is 8.78. The van der Waals surface area contributed by atoms with Gasteiger partial charge >= 0.3 is 5.97 Å². The van der Waals surface area contributed by atoms with Crippen molar-refractivity contribution in [1.29, 1.82) is 0 Å². The summed E-state index contributed by atoms with van der Waals surface area (Å²) in [6.07, 6.45) is 1.86. The molecule has 3 aromatic carbocycles. The molecule has 0 unspecified atom stereocenters. The molecular weight excluding hydrogens is 591 g/mol. The number of aryl methyl sites for hydroxylation is 3. The van der Waals surface area contributed by atoms with Crippen LogP contribution in [0.3, 0.4) is 0 Å². The van der Waals surface area contributed by atoms with Crippen molar-refractivity contribution in [2.75, 3.05) is 6.61 Å². The van der Waals surface area contributed by atoms with Crippen LogP contribution in [0.1, 0.15) is 53.3 Å². The molecule has 0 saturated carbocycles. The Labute approximate surface area is 258 Å². The van der Waals surface area contributed by atoms with Gasteiger partial charge in [0.05, 0.1) is 38.5 Å². The Morgan fingerprint density at radius 2 is 1.69 bits per heavy atom. The molecule has 0 fully saturated rings. The number of hydrogen-bond acceptors (Lipinski definition) is 6. The second kappa shape index (κ2) is 12.3. The number of benzene rings is 3. The van der Waals surface area contributed by atoms with Crippen LogP contribution >= 0.6 is 34.5 Å². The van der Waals surface area contributed by atoms with Gasteiger partial charge in [-0.3, -0.25) is 9.36 Å². The van der Waals surface area contributed by atoms with Crippen molar-refractivity contribution in [1.82, 2.24) is 4.57 Å². The lowest BCUT2D eigenvalue weighted by Crippen LogP contribution is -2.39. The van der Waals surface area contributed by atoms with Crippen molar-refractivity contribution in [3.05, 3.63) is 129 Å². The molecule has 0 aliphatic carbocycles. The number of thiazole rings is 1. The van der Waals surface area contributed by atoms with Gasteiger partial charge in [0, 0.05) is 0 Å². The molecule has 1 aromatic heterocycles. The van der Waals surface area contributed by atoms with E-state index in [-0.39, 0.29) is 12.2 Å². The van der Waals surface area contributed by atoms with Gasteiger partial charge in [-0.2, -0.15) is 0 Å². The summed E-state index contributed by atoms with van der Waals surface area (Å²) < 4.78 is 13.6. The van der Waals surface area contributed by atoms with E-state index >= 15 is 0 Å². The molecule has 0 radical (unpaired) electrons. The number of esters is 1. The van der Waals surface area contributed by atoms with Crippen molar-refractivity contribution in [2.24, 2.45) is 4.99 Å². The Morgan fingerprint density at radius 1 is 1.00 bits per heavy atom. The second-order valence-electron chi connectivity index (χ2n) is 10.2. The average Bonchev–Trinajstić information content (AvgIpc) is 3.24. The van der Waals surface area contributed by atoms with E-state index in [1.807, 2.05) is 69.3 Å². The second-order valence-corrected chi connectivity index (χ2v) is 12.1. The van der Waals surface area contributed by atoms with E-state index < -0.39 is 12.0 Å². The van der Waals surface area contributed by atoms with Crippen LogP contribution in [0.15, 0.2) is 75.7 Å². The Hall–Kier alpha value is -3.65. The number of halogens is 2. The first-order chi connectivity index (χ1) is 20.1. The fourth-order valence-electron chi connectivity index (χ4n) is 5.09. The lowest BCUT2D eigenvalue weighted by atomic mass is 9.95. The summed E-state index contributed by atoms with van der Waals surface area (Å²) in [7, 11) is 0. The number of nitrogens with zero attached hydrogens (tertiary/aromatic N) is 2. The highest BCUT2D eigenvalue weighted by atomic mass is 35.5. The summed E-state index contributed by atoms with van der Waals surface area (Å²) in [6.45, 7) is 10.1. The van der Waals surface area contributed by atoms with Crippen molar-refractivity contribution in [2.45, 2.75) is 47.3 Å². The Morgan fingerprint density at radius 3 is 2.33 bits per heavy atom. The smallest absolute Gasteiger partial charge is 0.338 e. The van der Waals surface area contributed by atoms with Crippen LogP contribution in [0.4, 0.5) is 0 Å². The number of aromatic nitrogens is 1. The monoisotopic (exact) mass is 620 g/mol. The summed E-state index contributed by atoms with van der Waals surface area (Å²) in [6, 6.07) is 16.6. The van der Waals surface area contributed by atoms with Gasteiger partial charge in [-0.1, -0.05) is 70.4 Å². The molecule has 0 amide bonds. The van der Waals surface area contributed by atoms with Crippen molar-refractivity contribution in [3.8, 4) is 5.75 Å². The zero-order valence-electron chi connectivity index (χ0n) is 24.0. The number of carbonyl (C=O) groups excluding carboxylic acids is 1. The molecular formula is C33H30Cl2N2O4S. The third-order valence-electron chi connectivity index (χ3n) is 7.06. The lowest BCUT2D eigenvalue weighted by Gasteiger charge is -2.24. The largest absolute Gasteiger partial charge is 0.488 e. The number of fused-ring (bicyclic) bond motifs is 1. The highest BCUT2D eigenvalue weighted by Crippen LogP contribution is 2.31. The summed E-state index contributed by atoms with van der Waals surface area (Å²) in [5.74, 6) is 0.301. The van der Waals surface area contributed by atoms with Gasteiger partial charge in [-0.25, -0.2) is 9.79 Å². The third kappa shape index (κ3) is 5.95. The van der Waals surface area contributed by atoms with Crippen LogP contribution in [0.2, 0.25) is 10.0 Å². The van der Waals surface area contributed by atoms with Crippen LogP contribution in [0.5, 0.6) is 5.75 Å². The maximum absolute atomic E-state index is 13.9. The number of carbonyl (C=O) groups is 1. The van der Waals surface area contributed by atoms with Crippen molar-refractivity contribution >= 4 is 46.6 Å². The van der Waals surface area contributed by atoms with E-state index in [0.29, 0.717) is 37.3 Å². The summed E-state index contributed by atoms with van der Waals surface area (Å²) >= 11 is 13.5. The molecule has 1 aliphatic rings. The summed E-state index contributed by atoms with van der Waals surface area (Å²) in [5.41, 5.74) is 6.25. The van der Waals surface area contributed by atoms with Crippen LogP contribution in [0.25, 0.3) is 6.08 Å². The first kappa shape index (κ1) is 29.8. The van der Waals surface area contributed by atoms with Gasteiger partial charge < -0.3 is 9.47 Å². The maximum atomic E-state index is 13.9. The minimum Gasteiger partial charge on any atom is -0.488 e. The van der Waals surface area contributed by atoms with E-state index in [0.717, 1.165) is 39.1 Å². The molecule has 6 nitrogen and oxygen atoms in total. The Kier molecular flexibility index (Phi) is 8.73. The number of allylic oxidation sites excluding steroid dienone is 1. The first-order valence-electron chi connectivity index (χ1n) is 13.5. The highest BCUT2D eigenvalue weighted by Gasteiger charge is 2.33. The Bertz CT molecular complexity index is 1880. The van der Waals surface area contributed by atoms with E-state index in [2.05, 4.69) is 4.99 Å². The highest BCUT2D eigenvalue weighted by molar-refractivity contribution is 7.07. The van der Waals surface area contributed by atoms with Gasteiger partial charge in [0.15, 0.2) is 4.80 Å². The number of ether oxygens (including phenoxy) is 2. The SMILES string of the molecule is CCOC(=O)C1=C(C)N=c2s/c(=C\c3cc(C)c(OCc4ccc(Cl)c(Cl)c4)c(C)c3)c(=O)n2[C@@H]1c1ccc(C)cc1. The van der Waals surface area contributed by atoms with Crippen molar-refractivity contribution < 1.29 is 14.3 Å². The molecule has 0 N–H and O–H groups in total. The van der Waals surface area contributed by atoms with Gasteiger partial charge in [0.25, 0.3) is 5.56 Å². The number of hydrogen-bond donors (Lipinski definition) is 0. The summed E-state index contributed by atoms with van der Waals surface area (Å²) in [4.78, 5) is 32.2. The number of rotatable bonds is 7. The lowest BCUT2D eigenvalue weighted by molar-refractivity contribution is -0.139. The quantitative estimate of drug-likeness (QED) is 0.218. The molecule has 4 aromatic rings. The maximum Gasteiger partial charge on any atom is 0.338 e. The zero-order chi connectivity index (χ0) is 30.1. The standard InChI is InChI=1S/C33H30Cl2N2O4S/c1-6-40-32(39)28-21(5)36-33-37(29(28)24-10-7-18(2)8-11-24)31(38)27(42-33)16-23-13-19(3)30(20(4)14-23)41-17-22-9-12-25(34)26(35)15-22/h7-16,29H,6,17H2,1-5H3/b27-16-/t29-/m1/s1. The van der Waals surface area contributed by atoms with E-state index in [4.69, 9.17) is 32.7 Å². The molecule has 9 heteroatoms. The predicted molar refractivity (Wildman–Crippen MR) is 168 cm³/mol. The molecule has 42 heavy (non-hydrogen) atoms. The van der Waals surface area contributed by atoms with E-state index in [1.54, 1.807) is 30.5 Å². The predicted octanol–water partition coefficient (Wildman–Crippen LogP) is 6.61. The molecule has 0 saturated heterocycles. The van der Waals surface area contributed by atoms with Gasteiger partial charge in [0.1, 0.15) is 12.4 Å². The molecule has 1 aliphatic heterocycles. The summed E-state index contributed by atoms with van der Waals surface area (Å²) in [5, 5.41) is 0.983. The topological polar surface area (TPSA) is 69.9 Å². The van der Waals surface area contributed by atoms with Crippen LogP contribution in [0, 0.1) is 20.8 Å². The Balaban J connectivity index is 1.54. The zero-order valence-corrected chi connectivity index (χ0v) is 26.3. The minimum atomic E-state index is -0.635. The van der Waals surface area contributed by atoms with Crippen LogP contribution < -0.4 is 19.6 Å². The van der Waals surface area contributed by atoms with E-state index in [1.165, 1.54) is 11.3 Å². The molecule has 1 atom stereocenters. The normalized spacial score (nSPS) is 14.9. The van der Waals surface area contributed by atoms with Crippen LogP contribution in [-0.2, 0) is 16.1 Å². The van der Waals surface area contributed by atoms with Crippen molar-refractivity contribution in [3.63, 3.8) is 0 Å². The van der Waals surface area contributed by atoms with Gasteiger partial charge in [0.2, 0.25) is 0 Å². The molecule has 0 bridgehead atoms. The molecule has 5 rings (SSSR count). The van der Waals surface area contributed by atoms with Gasteiger partial charge in [-0.05, 0) is 92.8 Å². The molecule has 216 valence electrons. The minimum absolute atomic E-state index is 0.214. The fraction of sp³-hybridized carbons (Fsp3) is 0.242. The van der Waals surface area contributed by atoms with E-state index in [9.17, 15) is 9.59 Å².